The highest BCUT2D eigenvalue weighted by Crippen LogP contribution is 2.31. The van der Waals surface area contributed by atoms with Gasteiger partial charge in [-0.3, -0.25) is 4.79 Å². The third-order valence-corrected chi connectivity index (χ3v) is 5.69. The van der Waals surface area contributed by atoms with E-state index in [0.717, 1.165) is 25.7 Å². The molecule has 1 saturated carbocycles. The van der Waals surface area contributed by atoms with Crippen molar-refractivity contribution in [3.8, 4) is 0 Å². The van der Waals surface area contributed by atoms with Gasteiger partial charge in [-0.15, -0.1) is 0 Å². The third kappa shape index (κ3) is 4.78. The average molecular weight is 260 g/mol. The zero-order valence-electron chi connectivity index (χ0n) is 10.9. The highest BCUT2D eigenvalue weighted by Gasteiger charge is 2.27. The molecule has 0 spiro atoms. The first-order valence-corrected chi connectivity index (χ1v) is 8.53. The normalized spacial score (nSPS) is 26.1. The molecule has 0 amide bonds. The van der Waals surface area contributed by atoms with E-state index in [1.165, 1.54) is 0 Å². The lowest BCUT2D eigenvalue weighted by molar-refractivity contribution is -0.125. The van der Waals surface area contributed by atoms with Gasteiger partial charge in [0.2, 0.25) is 0 Å². The topological polar surface area (TPSA) is 51.2 Å². The quantitative estimate of drug-likeness (QED) is 0.737. The fourth-order valence-corrected chi connectivity index (χ4v) is 3.44. The molecule has 2 atom stereocenters. The lowest BCUT2D eigenvalue weighted by Crippen LogP contribution is -2.25. The van der Waals surface area contributed by atoms with Crippen LogP contribution in [0.3, 0.4) is 0 Å². The fourth-order valence-electron chi connectivity index (χ4n) is 2.55. The molecule has 17 heavy (non-hydrogen) atoms. The average Bonchev–Trinajstić information content (AvgIpc) is 2.31. The molecule has 0 radical (unpaired) electrons. The largest absolute Gasteiger partial charge is 0.299 e. The molecule has 3 nitrogen and oxygen atoms in total. The van der Waals surface area contributed by atoms with E-state index in [1.54, 1.807) is 6.92 Å². The number of ketones is 1. The Labute approximate surface area is 105 Å². The van der Waals surface area contributed by atoms with Gasteiger partial charge < -0.3 is 0 Å². The Morgan fingerprint density at radius 1 is 1.29 bits per heavy atom. The van der Waals surface area contributed by atoms with E-state index in [0.29, 0.717) is 24.5 Å². The molecule has 0 N–H and O–H groups in total. The van der Waals surface area contributed by atoms with Gasteiger partial charge in [-0.2, -0.15) is 0 Å². The number of sulfone groups is 1. The lowest BCUT2D eigenvalue weighted by atomic mass is 9.77. The van der Waals surface area contributed by atoms with Gasteiger partial charge in [0, 0.05) is 18.1 Å². The van der Waals surface area contributed by atoms with Crippen LogP contribution < -0.4 is 0 Å². The second-order valence-corrected chi connectivity index (χ2v) is 7.56. The summed E-state index contributed by atoms with van der Waals surface area (Å²) in [5.74, 6) is 1.60. The Bertz CT molecular complexity index is 346. The highest BCUT2D eigenvalue weighted by molar-refractivity contribution is 7.91. The Morgan fingerprint density at radius 3 is 2.59 bits per heavy atom. The maximum Gasteiger partial charge on any atom is 0.150 e. The molecule has 100 valence electrons. The van der Waals surface area contributed by atoms with E-state index < -0.39 is 9.84 Å². The van der Waals surface area contributed by atoms with Crippen LogP contribution in [0.2, 0.25) is 0 Å². The summed E-state index contributed by atoms with van der Waals surface area (Å²) in [4.78, 5) is 11.7. The van der Waals surface area contributed by atoms with Crippen LogP contribution in [0.25, 0.3) is 0 Å². The summed E-state index contributed by atoms with van der Waals surface area (Å²) in [6.07, 6.45) is 5.24. The maximum atomic E-state index is 11.7. The molecule has 0 aromatic heterocycles. The Hall–Kier alpha value is -0.380. The van der Waals surface area contributed by atoms with Crippen molar-refractivity contribution in [1.29, 1.82) is 0 Å². The molecule has 0 bridgehead atoms. The molecule has 0 aliphatic heterocycles. The minimum atomic E-state index is -2.87. The summed E-state index contributed by atoms with van der Waals surface area (Å²) in [7, 11) is -2.87. The van der Waals surface area contributed by atoms with E-state index in [2.05, 4.69) is 6.92 Å². The van der Waals surface area contributed by atoms with Crippen LogP contribution in [0, 0.1) is 11.8 Å². The van der Waals surface area contributed by atoms with Crippen molar-refractivity contribution in [2.75, 3.05) is 11.5 Å². The van der Waals surface area contributed by atoms with Crippen LogP contribution in [-0.4, -0.2) is 25.7 Å². The smallest absolute Gasteiger partial charge is 0.150 e. The van der Waals surface area contributed by atoms with Gasteiger partial charge in [-0.05, 0) is 31.6 Å². The number of carbonyl (C=O) groups is 1. The molecular formula is C13H24O3S. The van der Waals surface area contributed by atoms with Crippen LogP contribution in [0.5, 0.6) is 0 Å². The number of carbonyl (C=O) groups excluding carboxylic acids is 1. The molecule has 1 aliphatic carbocycles. The molecule has 0 aromatic rings. The Morgan fingerprint density at radius 2 is 2.00 bits per heavy atom. The lowest BCUT2D eigenvalue weighted by Gasteiger charge is -2.27. The molecule has 1 fully saturated rings. The summed E-state index contributed by atoms with van der Waals surface area (Å²) in [6, 6.07) is 0. The first-order chi connectivity index (χ1) is 7.98. The van der Waals surface area contributed by atoms with Gasteiger partial charge in [0.05, 0.1) is 5.75 Å². The van der Waals surface area contributed by atoms with E-state index in [1.807, 2.05) is 0 Å². The van der Waals surface area contributed by atoms with Gasteiger partial charge in [0.25, 0.3) is 0 Å². The molecule has 0 aromatic carbocycles. The van der Waals surface area contributed by atoms with E-state index in [9.17, 15) is 13.2 Å². The molecule has 4 heteroatoms. The van der Waals surface area contributed by atoms with Crippen molar-refractivity contribution in [3.05, 3.63) is 0 Å². The zero-order valence-corrected chi connectivity index (χ0v) is 11.8. The van der Waals surface area contributed by atoms with Crippen LogP contribution >= 0.6 is 0 Å². The maximum absolute atomic E-state index is 11.7. The summed E-state index contributed by atoms with van der Waals surface area (Å²) in [6.45, 7) is 3.84. The summed E-state index contributed by atoms with van der Waals surface area (Å²) in [5.41, 5.74) is 0. The van der Waals surface area contributed by atoms with Crippen LogP contribution in [-0.2, 0) is 14.6 Å². The number of rotatable bonds is 6. The summed E-state index contributed by atoms with van der Waals surface area (Å²) >= 11 is 0. The summed E-state index contributed by atoms with van der Waals surface area (Å²) < 4.78 is 22.7. The minimum absolute atomic E-state index is 0.126. The van der Waals surface area contributed by atoms with Crippen molar-refractivity contribution < 1.29 is 13.2 Å². The van der Waals surface area contributed by atoms with Crippen LogP contribution in [0.15, 0.2) is 0 Å². The second-order valence-electron chi connectivity index (χ2n) is 5.09. The molecule has 1 rings (SSSR count). The van der Waals surface area contributed by atoms with Crippen molar-refractivity contribution in [3.63, 3.8) is 0 Å². The minimum Gasteiger partial charge on any atom is -0.299 e. The van der Waals surface area contributed by atoms with Gasteiger partial charge >= 0.3 is 0 Å². The molecule has 0 saturated heterocycles. The van der Waals surface area contributed by atoms with E-state index in [-0.39, 0.29) is 17.4 Å². The summed E-state index contributed by atoms with van der Waals surface area (Å²) in [5, 5.41) is 0. The predicted octanol–water partition coefficient (Wildman–Crippen LogP) is 2.60. The van der Waals surface area contributed by atoms with Crippen molar-refractivity contribution >= 4 is 15.6 Å². The number of hydrogen-bond donors (Lipinski definition) is 0. The van der Waals surface area contributed by atoms with Crippen LogP contribution in [0.4, 0.5) is 0 Å². The van der Waals surface area contributed by atoms with Crippen molar-refractivity contribution in [2.24, 2.45) is 11.8 Å². The van der Waals surface area contributed by atoms with Crippen LogP contribution in [0.1, 0.15) is 52.4 Å². The molecule has 0 heterocycles. The van der Waals surface area contributed by atoms with Gasteiger partial charge in [-0.1, -0.05) is 20.3 Å². The third-order valence-electron chi connectivity index (χ3n) is 3.90. The molecule has 2 unspecified atom stereocenters. The van der Waals surface area contributed by atoms with Crippen molar-refractivity contribution in [1.82, 2.24) is 0 Å². The molecule has 1 aliphatic rings. The zero-order chi connectivity index (χ0) is 12.9. The second kappa shape index (κ2) is 6.53. The SMILES string of the molecule is CCC1CCC(=O)C(CCCS(=O)(=O)CC)C1. The number of hydrogen-bond acceptors (Lipinski definition) is 3. The molecular weight excluding hydrogens is 236 g/mol. The monoisotopic (exact) mass is 260 g/mol. The van der Waals surface area contributed by atoms with Crippen molar-refractivity contribution in [2.45, 2.75) is 52.4 Å². The fraction of sp³-hybridized carbons (Fsp3) is 0.923. The van der Waals surface area contributed by atoms with E-state index >= 15 is 0 Å². The van der Waals surface area contributed by atoms with Gasteiger partial charge in [0.15, 0.2) is 0 Å². The van der Waals surface area contributed by atoms with Gasteiger partial charge in [-0.25, -0.2) is 8.42 Å². The predicted molar refractivity (Wildman–Crippen MR) is 69.7 cm³/mol. The first kappa shape index (κ1) is 14.7. The standard InChI is InChI=1S/C13H24O3S/c1-3-11-7-8-13(14)12(10-11)6-5-9-17(15,16)4-2/h11-12H,3-10H2,1-2H3. The van der Waals surface area contributed by atoms with E-state index in [4.69, 9.17) is 0 Å². The van der Waals surface area contributed by atoms with Gasteiger partial charge in [0.1, 0.15) is 15.6 Å². The number of Topliss-reactive ketones (excluding diaryl/α,β-unsaturated/α-hetero) is 1. The highest BCUT2D eigenvalue weighted by atomic mass is 32.2. The first-order valence-electron chi connectivity index (χ1n) is 6.71. The Balaban J connectivity index is 2.37. The Kier molecular flexibility index (Phi) is 5.63.